The van der Waals surface area contributed by atoms with Crippen LogP contribution in [-0.2, 0) is 11.2 Å². The van der Waals surface area contributed by atoms with Gasteiger partial charge in [-0.3, -0.25) is 4.79 Å². The van der Waals surface area contributed by atoms with Crippen molar-refractivity contribution in [3.63, 3.8) is 0 Å². The molecule has 0 aromatic heterocycles. The topological polar surface area (TPSA) is 60.0 Å². The molecular weight excluding hydrogens is 370 g/mol. The normalized spacial score (nSPS) is 10.4. The number of benzene rings is 2. The van der Waals surface area contributed by atoms with Crippen LogP contribution in [0, 0.1) is 11.6 Å². The molecule has 1 amide bonds. The van der Waals surface area contributed by atoms with Gasteiger partial charge in [-0.2, -0.15) is 0 Å². The Balaban J connectivity index is 2.09. The maximum Gasteiger partial charge on any atom is 0.224 e. The van der Waals surface area contributed by atoms with E-state index in [-0.39, 0.29) is 23.7 Å². The first-order chi connectivity index (χ1) is 13.3. The molecule has 0 aliphatic heterocycles. The molecule has 0 saturated carbocycles. The molecule has 2 aromatic carbocycles. The zero-order chi connectivity index (χ0) is 20.8. The van der Waals surface area contributed by atoms with Crippen molar-refractivity contribution in [3.8, 4) is 17.2 Å². The van der Waals surface area contributed by atoms with Gasteiger partial charge in [0.1, 0.15) is 5.69 Å². The Bertz CT molecular complexity index is 808. The van der Waals surface area contributed by atoms with Crippen molar-refractivity contribution in [2.24, 2.45) is 0 Å². The fraction of sp³-hybridized carbons (Fsp3) is 0.350. The summed E-state index contributed by atoms with van der Waals surface area (Å²) in [6.07, 6.45) is 0.487. The van der Waals surface area contributed by atoms with Gasteiger partial charge in [-0.25, -0.2) is 8.78 Å². The van der Waals surface area contributed by atoms with Gasteiger partial charge in [0.25, 0.3) is 0 Å². The second kappa shape index (κ2) is 9.25. The molecule has 6 nitrogen and oxygen atoms in total. The Kier molecular flexibility index (Phi) is 7.03. The molecule has 8 heteroatoms. The number of carbonyl (C=O) groups excluding carboxylic acids is 1. The van der Waals surface area contributed by atoms with Gasteiger partial charge >= 0.3 is 0 Å². The molecule has 0 atom stereocenters. The molecule has 0 aliphatic carbocycles. The highest BCUT2D eigenvalue weighted by atomic mass is 19.1. The van der Waals surface area contributed by atoms with E-state index in [1.807, 2.05) is 0 Å². The van der Waals surface area contributed by atoms with Crippen molar-refractivity contribution in [1.29, 1.82) is 0 Å². The second-order valence-electron chi connectivity index (χ2n) is 6.26. The molecule has 0 aliphatic rings. The summed E-state index contributed by atoms with van der Waals surface area (Å²) in [6, 6.07) is 5.69. The van der Waals surface area contributed by atoms with Crippen molar-refractivity contribution in [1.82, 2.24) is 0 Å². The third-order valence-electron chi connectivity index (χ3n) is 4.11. The number of nitrogens with zero attached hydrogens (tertiary/aromatic N) is 1. The largest absolute Gasteiger partial charge is 0.493 e. The van der Waals surface area contributed by atoms with E-state index in [1.165, 1.54) is 40.3 Å². The van der Waals surface area contributed by atoms with E-state index in [1.54, 1.807) is 12.1 Å². The van der Waals surface area contributed by atoms with Crippen LogP contribution in [0.25, 0.3) is 0 Å². The van der Waals surface area contributed by atoms with Gasteiger partial charge in [0, 0.05) is 26.2 Å². The molecule has 0 saturated heterocycles. The number of ether oxygens (including phenoxy) is 3. The minimum atomic E-state index is -0.745. The molecule has 0 unspecified atom stereocenters. The molecule has 0 heterocycles. The summed E-state index contributed by atoms with van der Waals surface area (Å²) in [7, 11) is 7.60. The highest BCUT2D eigenvalue weighted by molar-refractivity contribution is 5.91. The van der Waals surface area contributed by atoms with E-state index in [9.17, 15) is 13.6 Å². The Hall–Kier alpha value is -3.03. The van der Waals surface area contributed by atoms with E-state index in [4.69, 9.17) is 14.2 Å². The van der Waals surface area contributed by atoms with Crippen molar-refractivity contribution in [2.45, 2.75) is 12.8 Å². The number of amides is 1. The number of rotatable bonds is 8. The minimum Gasteiger partial charge on any atom is -0.493 e. The zero-order valence-electron chi connectivity index (χ0n) is 16.6. The first-order valence-corrected chi connectivity index (χ1v) is 8.55. The van der Waals surface area contributed by atoms with Gasteiger partial charge < -0.3 is 24.4 Å². The van der Waals surface area contributed by atoms with Gasteiger partial charge in [0.05, 0.1) is 21.3 Å². The van der Waals surface area contributed by atoms with E-state index in [0.29, 0.717) is 23.7 Å². The van der Waals surface area contributed by atoms with E-state index in [2.05, 4.69) is 5.32 Å². The van der Waals surface area contributed by atoms with Crippen molar-refractivity contribution >= 4 is 17.3 Å². The lowest BCUT2D eigenvalue weighted by atomic mass is 10.1. The molecule has 28 heavy (non-hydrogen) atoms. The Morgan fingerprint density at radius 3 is 1.93 bits per heavy atom. The predicted octanol–water partition coefficient (Wildman–Crippen LogP) is 3.63. The average molecular weight is 394 g/mol. The summed E-state index contributed by atoms with van der Waals surface area (Å²) < 4.78 is 43.9. The second-order valence-corrected chi connectivity index (χ2v) is 6.26. The summed E-state index contributed by atoms with van der Waals surface area (Å²) >= 11 is 0. The fourth-order valence-corrected chi connectivity index (χ4v) is 2.83. The van der Waals surface area contributed by atoms with E-state index in [0.717, 1.165) is 17.7 Å². The lowest BCUT2D eigenvalue weighted by Gasteiger charge is -2.16. The molecule has 1 N–H and O–H groups in total. The number of nitrogens with one attached hydrogen (secondary N) is 1. The summed E-state index contributed by atoms with van der Waals surface area (Å²) in [5, 5.41) is 2.52. The van der Waals surface area contributed by atoms with Crippen LogP contribution in [0.5, 0.6) is 17.2 Å². The van der Waals surface area contributed by atoms with Gasteiger partial charge in [-0.15, -0.1) is 0 Å². The lowest BCUT2D eigenvalue weighted by molar-refractivity contribution is -0.116. The van der Waals surface area contributed by atoms with Crippen LogP contribution in [0.4, 0.5) is 20.2 Å². The molecule has 152 valence electrons. The zero-order valence-corrected chi connectivity index (χ0v) is 16.6. The highest BCUT2D eigenvalue weighted by Crippen LogP contribution is 2.38. The van der Waals surface area contributed by atoms with E-state index < -0.39 is 11.6 Å². The summed E-state index contributed by atoms with van der Waals surface area (Å²) in [4.78, 5) is 13.5. The maximum atomic E-state index is 14.0. The van der Waals surface area contributed by atoms with Crippen molar-refractivity contribution < 1.29 is 27.8 Å². The fourth-order valence-electron chi connectivity index (χ4n) is 2.83. The maximum absolute atomic E-state index is 14.0. The van der Waals surface area contributed by atoms with Crippen LogP contribution in [0.2, 0.25) is 0 Å². The number of aryl methyl sites for hydroxylation is 1. The molecule has 0 bridgehead atoms. The first kappa shape index (κ1) is 21.3. The Morgan fingerprint density at radius 2 is 1.50 bits per heavy atom. The molecule has 0 fully saturated rings. The van der Waals surface area contributed by atoms with Crippen LogP contribution < -0.4 is 24.4 Å². The summed E-state index contributed by atoms with van der Waals surface area (Å²) in [5.41, 5.74) is 0.705. The lowest BCUT2D eigenvalue weighted by Crippen LogP contribution is -2.16. The number of anilines is 2. The van der Waals surface area contributed by atoms with Gasteiger partial charge in [-0.05, 0) is 36.2 Å². The van der Waals surface area contributed by atoms with Crippen molar-refractivity contribution in [2.75, 3.05) is 45.6 Å². The van der Waals surface area contributed by atoms with Crippen LogP contribution in [0.15, 0.2) is 24.3 Å². The molecule has 2 rings (SSSR count). The van der Waals surface area contributed by atoms with Gasteiger partial charge in [-0.1, -0.05) is 0 Å². The standard InChI is InChI=1S/C20H24F2N2O4/c1-24(2)19-14(21)10-13(11-15(19)22)23-18(25)7-6-12-8-16(26-3)20(28-5)17(9-12)27-4/h8-11H,6-7H2,1-5H3,(H,23,25). The number of hydrogen-bond acceptors (Lipinski definition) is 5. The molecular formula is C20H24F2N2O4. The third kappa shape index (κ3) is 4.82. The SMILES string of the molecule is COc1cc(CCC(=O)Nc2cc(F)c(N(C)C)c(F)c2)cc(OC)c1OC. The van der Waals surface area contributed by atoms with Crippen molar-refractivity contribution in [3.05, 3.63) is 41.5 Å². The monoisotopic (exact) mass is 394 g/mol. The molecule has 0 spiro atoms. The summed E-state index contributed by atoms with van der Waals surface area (Å²) in [6.45, 7) is 0. The number of halogens is 2. The Labute approximate surface area is 163 Å². The van der Waals surface area contributed by atoms with Crippen LogP contribution in [-0.4, -0.2) is 41.3 Å². The Morgan fingerprint density at radius 1 is 0.964 bits per heavy atom. The number of methoxy groups -OCH3 is 3. The molecule has 2 aromatic rings. The van der Waals surface area contributed by atoms with Crippen LogP contribution in [0.3, 0.4) is 0 Å². The van der Waals surface area contributed by atoms with E-state index >= 15 is 0 Å². The first-order valence-electron chi connectivity index (χ1n) is 8.55. The number of hydrogen-bond donors (Lipinski definition) is 1. The van der Waals surface area contributed by atoms with Gasteiger partial charge in [0.2, 0.25) is 11.7 Å². The smallest absolute Gasteiger partial charge is 0.224 e. The molecule has 0 radical (unpaired) electrons. The van der Waals surface area contributed by atoms with Crippen LogP contribution >= 0.6 is 0 Å². The predicted molar refractivity (Wildman–Crippen MR) is 104 cm³/mol. The highest BCUT2D eigenvalue weighted by Gasteiger charge is 2.16. The number of carbonyl (C=O) groups is 1. The van der Waals surface area contributed by atoms with Crippen LogP contribution in [0.1, 0.15) is 12.0 Å². The minimum absolute atomic E-state index is 0.0653. The quantitative estimate of drug-likeness (QED) is 0.741. The summed E-state index contributed by atoms with van der Waals surface area (Å²) in [5.74, 6) is -0.425. The average Bonchev–Trinajstić information content (AvgIpc) is 2.64. The third-order valence-corrected chi connectivity index (χ3v) is 4.11. The van der Waals surface area contributed by atoms with Gasteiger partial charge in [0.15, 0.2) is 23.1 Å².